The lowest BCUT2D eigenvalue weighted by Gasteiger charge is -2.35. The van der Waals surface area contributed by atoms with Gasteiger partial charge in [-0.25, -0.2) is 4.79 Å². The highest BCUT2D eigenvalue weighted by molar-refractivity contribution is 7.18. The summed E-state index contributed by atoms with van der Waals surface area (Å²) in [6.45, 7) is 7.29. The van der Waals surface area contributed by atoms with Crippen molar-refractivity contribution in [2.75, 3.05) is 62.9 Å². The van der Waals surface area contributed by atoms with Gasteiger partial charge in [0.25, 0.3) is 0 Å². The third kappa shape index (κ3) is 7.91. The van der Waals surface area contributed by atoms with E-state index in [0.717, 1.165) is 79.4 Å². The predicted molar refractivity (Wildman–Crippen MR) is 153 cm³/mol. The fourth-order valence-electron chi connectivity index (χ4n) is 4.40. The Morgan fingerprint density at radius 2 is 1.50 bits per heavy atom. The number of nitrogens with zero attached hydrogens (tertiary/aromatic N) is 4. The van der Waals surface area contributed by atoms with Crippen molar-refractivity contribution in [3.8, 4) is 16.3 Å². The van der Waals surface area contributed by atoms with E-state index in [0.29, 0.717) is 12.2 Å². The molecule has 0 radical (unpaired) electrons. The lowest BCUT2D eigenvalue weighted by molar-refractivity contribution is 0.0526. The maximum absolute atomic E-state index is 11.9. The van der Waals surface area contributed by atoms with Crippen molar-refractivity contribution in [2.24, 2.45) is 0 Å². The molecule has 1 fully saturated rings. The molecule has 2 heterocycles. The van der Waals surface area contributed by atoms with Gasteiger partial charge in [0.1, 0.15) is 10.8 Å². The first-order valence-electron chi connectivity index (χ1n) is 13.5. The number of aromatic nitrogens is 2. The molecule has 1 aliphatic rings. The Labute approximate surface area is 229 Å². The minimum atomic E-state index is -0.279. The molecule has 0 aliphatic carbocycles. The van der Waals surface area contributed by atoms with Crippen molar-refractivity contribution >= 4 is 28.1 Å². The van der Waals surface area contributed by atoms with Gasteiger partial charge in [-0.15, -0.1) is 10.2 Å². The van der Waals surface area contributed by atoms with Gasteiger partial charge in [-0.1, -0.05) is 30.6 Å². The summed E-state index contributed by atoms with van der Waals surface area (Å²) in [6, 6.07) is 15.8. The van der Waals surface area contributed by atoms with Crippen molar-refractivity contribution in [3.63, 3.8) is 0 Å². The second kappa shape index (κ2) is 14.7. The summed E-state index contributed by atoms with van der Waals surface area (Å²) >= 11 is 1.62. The van der Waals surface area contributed by atoms with Gasteiger partial charge in [0.05, 0.1) is 18.8 Å². The molecule has 0 saturated carbocycles. The van der Waals surface area contributed by atoms with Gasteiger partial charge in [0.2, 0.25) is 5.13 Å². The quantitative estimate of drug-likeness (QED) is 0.192. The van der Waals surface area contributed by atoms with Gasteiger partial charge in [-0.2, -0.15) is 0 Å². The summed E-state index contributed by atoms with van der Waals surface area (Å²) in [7, 11) is 1.75. The smallest absolute Gasteiger partial charge is 0.338 e. The molecular weight excluding hydrogens is 500 g/mol. The van der Waals surface area contributed by atoms with Crippen molar-refractivity contribution in [1.29, 1.82) is 0 Å². The molecule has 0 atom stereocenters. The van der Waals surface area contributed by atoms with Crippen LogP contribution in [-0.2, 0) is 9.47 Å². The van der Waals surface area contributed by atoms with Crippen LogP contribution in [0.2, 0.25) is 0 Å². The number of rotatable bonds is 14. The topological polar surface area (TPSA) is 77.0 Å². The molecule has 9 heteroatoms. The zero-order valence-electron chi connectivity index (χ0n) is 22.4. The molecule has 204 valence electrons. The molecule has 3 aromatic rings. The maximum Gasteiger partial charge on any atom is 0.338 e. The van der Waals surface area contributed by atoms with Crippen molar-refractivity contribution in [2.45, 2.75) is 39.0 Å². The van der Waals surface area contributed by atoms with Crippen LogP contribution >= 0.6 is 11.3 Å². The predicted octanol–water partition coefficient (Wildman–Crippen LogP) is 5.68. The summed E-state index contributed by atoms with van der Waals surface area (Å²) < 4.78 is 16.1. The number of carbonyl (C=O) groups excluding carboxylic acids is 1. The summed E-state index contributed by atoms with van der Waals surface area (Å²) in [4.78, 5) is 16.5. The molecular formula is C29H38N4O4S. The molecule has 38 heavy (non-hydrogen) atoms. The van der Waals surface area contributed by atoms with E-state index in [9.17, 15) is 4.79 Å². The number of methoxy groups -OCH3 is 1. The van der Waals surface area contributed by atoms with E-state index in [1.54, 1.807) is 18.4 Å². The number of esters is 1. The van der Waals surface area contributed by atoms with Crippen molar-refractivity contribution in [1.82, 2.24) is 10.2 Å². The van der Waals surface area contributed by atoms with E-state index in [4.69, 9.17) is 14.2 Å². The van der Waals surface area contributed by atoms with E-state index in [-0.39, 0.29) is 5.97 Å². The van der Waals surface area contributed by atoms with Crippen LogP contribution in [0.5, 0.6) is 5.75 Å². The molecule has 0 bridgehead atoms. The second-order valence-corrected chi connectivity index (χ2v) is 10.2. The van der Waals surface area contributed by atoms with E-state index >= 15 is 0 Å². The van der Waals surface area contributed by atoms with Crippen LogP contribution in [0.25, 0.3) is 10.6 Å². The average molecular weight is 539 g/mol. The van der Waals surface area contributed by atoms with Gasteiger partial charge in [0, 0.05) is 51.1 Å². The van der Waals surface area contributed by atoms with Crippen LogP contribution in [0.4, 0.5) is 10.8 Å². The largest absolute Gasteiger partial charge is 0.494 e. The highest BCUT2D eigenvalue weighted by Gasteiger charge is 2.21. The van der Waals surface area contributed by atoms with E-state index in [2.05, 4.69) is 32.1 Å². The number of unbranched alkanes of at least 4 members (excludes halogenated alkanes) is 4. The highest BCUT2D eigenvalue weighted by atomic mass is 32.1. The molecule has 0 amide bonds. The Hall–Kier alpha value is -3.17. The van der Waals surface area contributed by atoms with E-state index in [1.807, 2.05) is 43.3 Å². The van der Waals surface area contributed by atoms with Gasteiger partial charge in [0.15, 0.2) is 0 Å². The Bertz CT molecular complexity index is 1110. The number of anilines is 2. The first kappa shape index (κ1) is 27.9. The maximum atomic E-state index is 11.9. The fraction of sp³-hybridized carbons (Fsp3) is 0.483. The van der Waals surface area contributed by atoms with Crippen LogP contribution in [0, 0.1) is 0 Å². The van der Waals surface area contributed by atoms with Crippen molar-refractivity contribution < 1.29 is 19.0 Å². The molecule has 1 saturated heterocycles. The Kier molecular flexibility index (Phi) is 10.8. The van der Waals surface area contributed by atoms with Crippen molar-refractivity contribution in [3.05, 3.63) is 54.1 Å². The minimum absolute atomic E-state index is 0.279. The average Bonchev–Trinajstić information content (AvgIpc) is 3.46. The molecule has 1 aliphatic heterocycles. The first-order chi connectivity index (χ1) is 18.7. The number of ether oxygens (including phenoxy) is 3. The van der Waals surface area contributed by atoms with Gasteiger partial charge < -0.3 is 24.0 Å². The zero-order valence-corrected chi connectivity index (χ0v) is 23.3. The summed E-state index contributed by atoms with van der Waals surface area (Å²) in [6.07, 6.45) is 5.83. The number of piperazine rings is 1. The molecule has 8 nitrogen and oxygen atoms in total. The molecule has 2 aromatic carbocycles. The number of hydrogen-bond acceptors (Lipinski definition) is 9. The highest BCUT2D eigenvalue weighted by Crippen LogP contribution is 2.31. The molecule has 0 N–H and O–H groups in total. The Morgan fingerprint density at radius 1 is 0.842 bits per heavy atom. The van der Waals surface area contributed by atoms with Crippen LogP contribution in [0.1, 0.15) is 49.4 Å². The number of benzene rings is 2. The SMILES string of the molecule is CCOC(=O)c1ccc(N2CCN(c3nnc(-c4ccc(OCCCCCCCOC)cc4)s3)CC2)cc1. The summed E-state index contributed by atoms with van der Waals surface area (Å²) in [5.41, 5.74) is 2.75. The molecule has 4 rings (SSSR count). The molecule has 1 aromatic heterocycles. The van der Waals surface area contributed by atoms with Crippen LogP contribution in [0.3, 0.4) is 0 Å². The van der Waals surface area contributed by atoms with Crippen LogP contribution < -0.4 is 14.5 Å². The third-order valence-electron chi connectivity index (χ3n) is 6.57. The summed E-state index contributed by atoms with van der Waals surface area (Å²) in [5.74, 6) is 0.613. The van der Waals surface area contributed by atoms with Gasteiger partial charge >= 0.3 is 5.97 Å². The Balaban J connectivity index is 1.21. The van der Waals surface area contributed by atoms with Crippen LogP contribution in [-0.4, -0.2) is 69.3 Å². The molecule has 0 unspecified atom stereocenters. The van der Waals surface area contributed by atoms with Gasteiger partial charge in [-0.05, 0) is 68.3 Å². The second-order valence-electron chi connectivity index (χ2n) is 9.26. The van der Waals surface area contributed by atoms with E-state index < -0.39 is 0 Å². The fourth-order valence-corrected chi connectivity index (χ4v) is 5.30. The van der Waals surface area contributed by atoms with E-state index in [1.165, 1.54) is 19.3 Å². The standard InChI is InChI=1S/C29H38N4O4S/c1-3-36-28(34)24-9-13-25(14-10-24)32-17-19-33(20-18-32)29-31-30-27(38-29)23-11-15-26(16-12-23)37-22-8-6-4-5-7-21-35-2/h9-16H,3-8,17-22H2,1-2H3. The number of carbonyl (C=O) groups is 1. The van der Waals surface area contributed by atoms with Crippen LogP contribution in [0.15, 0.2) is 48.5 Å². The van der Waals surface area contributed by atoms with Gasteiger partial charge in [-0.3, -0.25) is 0 Å². The summed E-state index contributed by atoms with van der Waals surface area (Å²) in [5, 5.41) is 10.8. The Morgan fingerprint density at radius 3 is 2.18 bits per heavy atom. The lowest BCUT2D eigenvalue weighted by atomic mass is 10.1. The monoisotopic (exact) mass is 538 g/mol. The number of hydrogen-bond donors (Lipinski definition) is 0. The normalized spacial score (nSPS) is 13.5. The zero-order chi connectivity index (χ0) is 26.6. The molecule has 0 spiro atoms. The lowest BCUT2D eigenvalue weighted by Crippen LogP contribution is -2.46. The first-order valence-corrected chi connectivity index (χ1v) is 14.3. The third-order valence-corrected chi connectivity index (χ3v) is 7.60. The minimum Gasteiger partial charge on any atom is -0.494 e.